The van der Waals surface area contributed by atoms with Crippen molar-refractivity contribution in [2.24, 2.45) is 0 Å². The van der Waals surface area contributed by atoms with Gasteiger partial charge in [0, 0.05) is 19.2 Å². The molecule has 1 aromatic rings. The zero-order chi connectivity index (χ0) is 14.1. The number of nitrogens with one attached hydrogen (secondary N) is 2. The highest BCUT2D eigenvalue weighted by Crippen LogP contribution is 2.25. The maximum Gasteiger partial charge on any atom is 0.310 e. The molecule has 0 spiro atoms. The predicted octanol–water partition coefficient (Wildman–Crippen LogP) is 0.699. The van der Waals surface area contributed by atoms with Gasteiger partial charge in [0.05, 0.1) is 4.92 Å². The Kier molecular flexibility index (Phi) is 6.31. The highest BCUT2D eigenvalue weighted by atomic mass is 16.6. The summed E-state index contributed by atoms with van der Waals surface area (Å²) < 4.78 is 5.14. The van der Waals surface area contributed by atoms with Gasteiger partial charge in [-0.1, -0.05) is 19.1 Å². The third-order valence-corrected chi connectivity index (χ3v) is 2.29. The van der Waals surface area contributed by atoms with Crippen LogP contribution in [-0.4, -0.2) is 37.1 Å². The molecule has 0 aliphatic carbocycles. The lowest BCUT2D eigenvalue weighted by molar-refractivity contribution is -0.385. The molecule has 0 bridgehead atoms. The molecule has 0 atom stereocenters. The molecule has 0 aromatic heterocycles. The Hall–Kier alpha value is -2.15. The second-order valence-corrected chi connectivity index (χ2v) is 3.72. The smallest absolute Gasteiger partial charge is 0.310 e. The molecular weight excluding hydrogens is 250 g/mol. The first-order valence-electron chi connectivity index (χ1n) is 5.98. The van der Waals surface area contributed by atoms with E-state index in [2.05, 4.69) is 10.6 Å². The van der Waals surface area contributed by atoms with Crippen LogP contribution in [-0.2, 0) is 4.79 Å². The van der Waals surface area contributed by atoms with Crippen LogP contribution in [0.2, 0.25) is 0 Å². The van der Waals surface area contributed by atoms with E-state index < -0.39 is 4.92 Å². The third-order valence-electron chi connectivity index (χ3n) is 2.29. The van der Waals surface area contributed by atoms with Gasteiger partial charge in [-0.3, -0.25) is 14.9 Å². The van der Waals surface area contributed by atoms with Crippen LogP contribution >= 0.6 is 0 Å². The molecule has 0 heterocycles. The Morgan fingerprint density at radius 3 is 2.79 bits per heavy atom. The Labute approximate surface area is 111 Å². The number of carbonyl (C=O) groups is 1. The van der Waals surface area contributed by atoms with E-state index >= 15 is 0 Å². The quantitative estimate of drug-likeness (QED) is 0.411. The van der Waals surface area contributed by atoms with E-state index in [4.69, 9.17) is 4.74 Å². The second kappa shape index (κ2) is 8.04. The van der Waals surface area contributed by atoms with Crippen molar-refractivity contribution in [3.8, 4) is 5.75 Å². The van der Waals surface area contributed by atoms with Crippen LogP contribution in [0.15, 0.2) is 24.3 Å². The van der Waals surface area contributed by atoms with Gasteiger partial charge >= 0.3 is 5.69 Å². The molecule has 19 heavy (non-hydrogen) atoms. The van der Waals surface area contributed by atoms with Gasteiger partial charge in [-0.05, 0) is 12.6 Å². The lowest BCUT2D eigenvalue weighted by atomic mass is 10.3. The molecule has 0 fully saturated rings. The minimum Gasteiger partial charge on any atom is -0.477 e. The number of hydrogen-bond acceptors (Lipinski definition) is 5. The number of likely N-dealkylation sites (N-methyl/N-ethyl adjacent to an activating group) is 1. The molecule has 104 valence electrons. The highest BCUT2D eigenvalue weighted by molar-refractivity contribution is 5.77. The van der Waals surface area contributed by atoms with E-state index in [0.717, 1.165) is 6.54 Å². The minimum absolute atomic E-state index is 0.0920. The lowest BCUT2D eigenvalue weighted by Gasteiger charge is -2.07. The average molecular weight is 267 g/mol. The summed E-state index contributed by atoms with van der Waals surface area (Å²) in [4.78, 5) is 21.6. The summed E-state index contributed by atoms with van der Waals surface area (Å²) in [5, 5.41) is 16.4. The molecule has 0 aliphatic heterocycles. The molecule has 7 nitrogen and oxygen atoms in total. The van der Waals surface area contributed by atoms with Crippen molar-refractivity contribution >= 4 is 11.6 Å². The molecule has 0 aliphatic rings. The minimum atomic E-state index is -0.543. The van der Waals surface area contributed by atoms with E-state index in [1.165, 1.54) is 12.1 Å². The van der Waals surface area contributed by atoms with Crippen LogP contribution in [0.5, 0.6) is 5.75 Å². The number of nitro benzene ring substituents is 1. The molecule has 1 rings (SSSR count). The van der Waals surface area contributed by atoms with Crippen LogP contribution < -0.4 is 15.4 Å². The molecule has 0 saturated heterocycles. The summed E-state index contributed by atoms with van der Waals surface area (Å²) >= 11 is 0. The lowest BCUT2D eigenvalue weighted by Crippen LogP contribution is -2.34. The molecule has 1 aromatic carbocycles. The van der Waals surface area contributed by atoms with Gasteiger partial charge in [0.15, 0.2) is 12.4 Å². The summed E-state index contributed by atoms with van der Waals surface area (Å²) in [6.07, 6.45) is 0. The maximum atomic E-state index is 11.4. The number of rotatable bonds is 8. The number of para-hydroxylation sites is 2. The zero-order valence-corrected chi connectivity index (χ0v) is 10.7. The monoisotopic (exact) mass is 267 g/mol. The average Bonchev–Trinajstić information content (AvgIpc) is 2.41. The third kappa shape index (κ3) is 5.35. The topological polar surface area (TPSA) is 93.5 Å². The second-order valence-electron chi connectivity index (χ2n) is 3.72. The molecule has 2 N–H and O–H groups in total. The van der Waals surface area contributed by atoms with E-state index in [0.29, 0.717) is 13.1 Å². The molecule has 0 radical (unpaired) electrons. The zero-order valence-electron chi connectivity index (χ0n) is 10.7. The van der Waals surface area contributed by atoms with Crippen molar-refractivity contribution in [1.82, 2.24) is 10.6 Å². The van der Waals surface area contributed by atoms with Crippen LogP contribution in [0.25, 0.3) is 0 Å². The largest absolute Gasteiger partial charge is 0.477 e. The summed E-state index contributed by atoms with van der Waals surface area (Å²) in [5.41, 5.74) is -0.150. The number of nitro groups is 1. The number of nitrogens with zero attached hydrogens (tertiary/aromatic N) is 1. The maximum absolute atomic E-state index is 11.4. The van der Waals surface area contributed by atoms with Gasteiger partial charge in [-0.15, -0.1) is 0 Å². The van der Waals surface area contributed by atoms with E-state index in [-0.39, 0.29) is 24.0 Å². The summed E-state index contributed by atoms with van der Waals surface area (Å²) in [7, 11) is 0. The van der Waals surface area contributed by atoms with E-state index in [1.54, 1.807) is 12.1 Å². The fraction of sp³-hybridized carbons (Fsp3) is 0.417. The fourth-order valence-electron chi connectivity index (χ4n) is 1.39. The normalized spacial score (nSPS) is 9.95. The number of amides is 1. The Bertz CT molecular complexity index is 437. The van der Waals surface area contributed by atoms with Crippen LogP contribution in [0, 0.1) is 10.1 Å². The molecular formula is C12H17N3O4. The van der Waals surface area contributed by atoms with Gasteiger partial charge < -0.3 is 15.4 Å². The van der Waals surface area contributed by atoms with Crippen molar-refractivity contribution in [1.29, 1.82) is 0 Å². The van der Waals surface area contributed by atoms with Gasteiger partial charge in [-0.2, -0.15) is 0 Å². The molecule has 7 heteroatoms. The van der Waals surface area contributed by atoms with E-state index in [1.807, 2.05) is 6.92 Å². The number of carbonyl (C=O) groups excluding carboxylic acids is 1. The van der Waals surface area contributed by atoms with Crippen molar-refractivity contribution < 1.29 is 14.5 Å². The Morgan fingerprint density at radius 1 is 1.37 bits per heavy atom. The fourth-order valence-corrected chi connectivity index (χ4v) is 1.39. The SMILES string of the molecule is CCNCCNC(=O)COc1ccccc1[N+](=O)[O-]. The van der Waals surface area contributed by atoms with Crippen LogP contribution in [0.1, 0.15) is 6.92 Å². The van der Waals surface area contributed by atoms with Crippen molar-refractivity contribution in [3.63, 3.8) is 0 Å². The van der Waals surface area contributed by atoms with Crippen LogP contribution in [0.4, 0.5) is 5.69 Å². The number of ether oxygens (including phenoxy) is 1. The standard InChI is InChI=1S/C12H17N3O4/c1-2-13-7-8-14-12(16)9-19-11-6-4-3-5-10(11)15(17)18/h3-6,13H,2,7-9H2,1H3,(H,14,16). The van der Waals surface area contributed by atoms with E-state index in [9.17, 15) is 14.9 Å². The van der Waals surface area contributed by atoms with Crippen molar-refractivity contribution in [3.05, 3.63) is 34.4 Å². The predicted molar refractivity (Wildman–Crippen MR) is 70.1 cm³/mol. The number of benzene rings is 1. The first kappa shape index (κ1) is 14.9. The Morgan fingerprint density at radius 2 is 2.11 bits per heavy atom. The van der Waals surface area contributed by atoms with Gasteiger partial charge in [0.2, 0.25) is 0 Å². The highest BCUT2D eigenvalue weighted by Gasteiger charge is 2.14. The van der Waals surface area contributed by atoms with Crippen molar-refractivity contribution in [2.75, 3.05) is 26.2 Å². The molecule has 1 amide bonds. The summed E-state index contributed by atoms with van der Waals surface area (Å²) in [6, 6.07) is 5.95. The van der Waals surface area contributed by atoms with Gasteiger partial charge in [-0.25, -0.2) is 0 Å². The van der Waals surface area contributed by atoms with Crippen molar-refractivity contribution in [2.45, 2.75) is 6.92 Å². The van der Waals surface area contributed by atoms with Crippen LogP contribution in [0.3, 0.4) is 0 Å². The molecule has 0 unspecified atom stereocenters. The summed E-state index contributed by atoms with van der Waals surface area (Å²) in [5.74, 6) is -0.217. The first-order chi connectivity index (χ1) is 9.15. The summed E-state index contributed by atoms with van der Waals surface area (Å²) in [6.45, 7) is 3.74. The molecule has 0 saturated carbocycles. The van der Waals surface area contributed by atoms with Gasteiger partial charge in [0.25, 0.3) is 5.91 Å². The number of hydrogen-bond donors (Lipinski definition) is 2. The first-order valence-corrected chi connectivity index (χ1v) is 5.98. The van der Waals surface area contributed by atoms with Gasteiger partial charge in [0.1, 0.15) is 0 Å². The Balaban J connectivity index is 2.40.